The first-order valence-corrected chi connectivity index (χ1v) is 9.17. The van der Waals surface area contributed by atoms with E-state index in [0.29, 0.717) is 12.2 Å². The molecule has 1 heterocycles. The molecule has 1 saturated carbocycles. The molecule has 6 nitrogen and oxygen atoms in total. The number of benzene rings is 1. The van der Waals surface area contributed by atoms with Crippen LogP contribution in [-0.2, 0) is 14.8 Å². The van der Waals surface area contributed by atoms with Gasteiger partial charge in [0.2, 0.25) is 15.9 Å². The van der Waals surface area contributed by atoms with Crippen LogP contribution in [-0.4, -0.2) is 33.5 Å². The molecule has 1 aliphatic carbocycles. The van der Waals surface area contributed by atoms with Gasteiger partial charge in [-0.05, 0) is 56.5 Å². The zero-order valence-corrected chi connectivity index (χ0v) is 13.2. The van der Waals surface area contributed by atoms with Gasteiger partial charge in [-0.3, -0.25) is 4.79 Å². The van der Waals surface area contributed by atoms with Crippen molar-refractivity contribution in [2.24, 2.45) is 5.92 Å². The third kappa shape index (κ3) is 3.85. The average molecular weight is 323 g/mol. The van der Waals surface area contributed by atoms with E-state index in [1.807, 2.05) is 0 Å². The van der Waals surface area contributed by atoms with E-state index in [1.165, 1.54) is 12.1 Å². The van der Waals surface area contributed by atoms with Crippen LogP contribution in [0.5, 0.6) is 0 Å². The van der Waals surface area contributed by atoms with Crippen LogP contribution < -0.4 is 15.4 Å². The lowest BCUT2D eigenvalue weighted by atomic mass is 10.1. The number of nitrogens with one attached hydrogen (secondary N) is 3. The summed E-state index contributed by atoms with van der Waals surface area (Å²) in [5.74, 6) is 0.144. The summed E-state index contributed by atoms with van der Waals surface area (Å²) in [6, 6.07) is 6.26. The van der Waals surface area contributed by atoms with Crippen LogP contribution >= 0.6 is 0 Å². The van der Waals surface area contributed by atoms with Crippen molar-refractivity contribution in [1.29, 1.82) is 0 Å². The molecule has 1 unspecified atom stereocenters. The highest BCUT2D eigenvalue weighted by Gasteiger charge is 2.29. The molecule has 0 radical (unpaired) electrons. The number of carbonyl (C=O) groups is 1. The van der Waals surface area contributed by atoms with Crippen LogP contribution in [0.15, 0.2) is 29.2 Å². The van der Waals surface area contributed by atoms with Crippen molar-refractivity contribution in [2.75, 3.05) is 18.4 Å². The van der Waals surface area contributed by atoms with Crippen LogP contribution in [0.3, 0.4) is 0 Å². The maximum atomic E-state index is 12.3. The molecule has 1 saturated heterocycles. The Hall–Kier alpha value is -1.44. The minimum Gasteiger partial charge on any atom is -0.326 e. The number of amides is 1. The number of sulfonamides is 1. The maximum Gasteiger partial charge on any atom is 0.240 e. The lowest BCUT2D eigenvalue weighted by Gasteiger charge is -2.23. The van der Waals surface area contributed by atoms with Crippen LogP contribution in [0, 0.1) is 5.92 Å². The molecule has 3 rings (SSSR count). The summed E-state index contributed by atoms with van der Waals surface area (Å²) in [4.78, 5) is 11.9. The summed E-state index contributed by atoms with van der Waals surface area (Å²) >= 11 is 0. The summed E-state index contributed by atoms with van der Waals surface area (Å²) in [5.41, 5.74) is 0.634. The van der Waals surface area contributed by atoms with Crippen molar-refractivity contribution in [2.45, 2.75) is 36.6 Å². The fourth-order valence-corrected chi connectivity index (χ4v) is 3.82. The first kappa shape index (κ1) is 15.5. The highest BCUT2D eigenvalue weighted by molar-refractivity contribution is 7.89. The Morgan fingerprint density at radius 3 is 2.45 bits per heavy atom. The van der Waals surface area contributed by atoms with Gasteiger partial charge in [0.25, 0.3) is 0 Å². The zero-order valence-electron chi connectivity index (χ0n) is 12.3. The minimum atomic E-state index is -3.51. The van der Waals surface area contributed by atoms with Gasteiger partial charge in [0.1, 0.15) is 0 Å². The number of anilines is 1. The molecule has 1 aromatic carbocycles. The van der Waals surface area contributed by atoms with E-state index in [2.05, 4.69) is 15.4 Å². The molecule has 1 aliphatic heterocycles. The third-order valence-corrected chi connectivity index (χ3v) is 5.54. The Balaban J connectivity index is 1.64. The van der Waals surface area contributed by atoms with Gasteiger partial charge < -0.3 is 10.6 Å². The van der Waals surface area contributed by atoms with Gasteiger partial charge >= 0.3 is 0 Å². The van der Waals surface area contributed by atoms with Gasteiger partial charge in [0.15, 0.2) is 0 Å². The molecule has 0 bridgehead atoms. The number of rotatable bonds is 5. The summed E-state index contributed by atoms with van der Waals surface area (Å²) in [5, 5.41) is 5.98. The van der Waals surface area contributed by atoms with Crippen LogP contribution in [0.4, 0.5) is 5.69 Å². The molecule has 120 valence electrons. The molecule has 7 heteroatoms. The number of hydrogen-bond donors (Lipinski definition) is 3. The van der Waals surface area contributed by atoms with Crippen LogP contribution in [0.25, 0.3) is 0 Å². The lowest BCUT2D eigenvalue weighted by molar-refractivity contribution is -0.117. The Labute approximate surface area is 130 Å². The number of carbonyl (C=O) groups excluding carboxylic acids is 1. The second-order valence-electron chi connectivity index (χ2n) is 5.95. The van der Waals surface area contributed by atoms with Gasteiger partial charge in [-0.2, -0.15) is 0 Å². The summed E-state index contributed by atoms with van der Waals surface area (Å²) in [6.45, 7) is 1.60. The maximum absolute atomic E-state index is 12.3. The van der Waals surface area contributed by atoms with E-state index >= 15 is 0 Å². The van der Waals surface area contributed by atoms with Crippen molar-refractivity contribution in [3.8, 4) is 0 Å². The molecular weight excluding hydrogens is 302 g/mol. The van der Waals surface area contributed by atoms with Crippen LogP contribution in [0.1, 0.15) is 25.7 Å². The highest BCUT2D eigenvalue weighted by Crippen LogP contribution is 2.30. The number of hydrogen-bond acceptors (Lipinski definition) is 4. The topological polar surface area (TPSA) is 87.3 Å². The van der Waals surface area contributed by atoms with E-state index in [4.69, 9.17) is 0 Å². The minimum absolute atomic E-state index is 0.0158. The van der Waals surface area contributed by atoms with Crippen molar-refractivity contribution < 1.29 is 13.2 Å². The molecule has 1 aromatic rings. The fraction of sp³-hybridized carbons (Fsp3) is 0.533. The first-order valence-electron chi connectivity index (χ1n) is 7.68. The van der Waals surface area contributed by atoms with Crippen molar-refractivity contribution in [3.63, 3.8) is 0 Å². The van der Waals surface area contributed by atoms with Crippen molar-refractivity contribution in [1.82, 2.24) is 10.0 Å². The lowest BCUT2D eigenvalue weighted by Crippen LogP contribution is -2.45. The normalized spacial score (nSPS) is 22.3. The second-order valence-corrected chi connectivity index (χ2v) is 7.67. The third-order valence-electron chi connectivity index (χ3n) is 4.00. The summed E-state index contributed by atoms with van der Waals surface area (Å²) in [7, 11) is -3.51. The van der Waals surface area contributed by atoms with Gasteiger partial charge in [-0.1, -0.05) is 0 Å². The standard InChI is InChI=1S/C15H21N3O3S/c19-15(11-3-4-11)17-12-5-7-14(8-6-12)22(20,21)18-13-2-1-9-16-10-13/h5-8,11,13,16,18H,1-4,9-10H2,(H,17,19). The van der Waals surface area contributed by atoms with Gasteiger partial charge in [0, 0.05) is 24.2 Å². The van der Waals surface area contributed by atoms with E-state index in [1.54, 1.807) is 12.1 Å². The smallest absolute Gasteiger partial charge is 0.240 e. The molecule has 0 aromatic heterocycles. The van der Waals surface area contributed by atoms with Crippen molar-refractivity contribution >= 4 is 21.6 Å². The van der Waals surface area contributed by atoms with E-state index in [0.717, 1.165) is 32.2 Å². The van der Waals surface area contributed by atoms with E-state index < -0.39 is 10.0 Å². The van der Waals surface area contributed by atoms with Crippen LogP contribution in [0.2, 0.25) is 0 Å². The first-order chi connectivity index (χ1) is 10.5. The summed E-state index contributed by atoms with van der Waals surface area (Å²) in [6.07, 6.45) is 3.70. The van der Waals surface area contributed by atoms with E-state index in [9.17, 15) is 13.2 Å². The molecular formula is C15H21N3O3S. The monoisotopic (exact) mass is 323 g/mol. The van der Waals surface area contributed by atoms with Crippen molar-refractivity contribution in [3.05, 3.63) is 24.3 Å². The van der Waals surface area contributed by atoms with Gasteiger partial charge in [-0.15, -0.1) is 0 Å². The Morgan fingerprint density at radius 1 is 1.14 bits per heavy atom. The molecule has 22 heavy (non-hydrogen) atoms. The summed E-state index contributed by atoms with van der Waals surface area (Å²) < 4.78 is 27.4. The molecule has 2 fully saturated rings. The molecule has 1 amide bonds. The second kappa shape index (κ2) is 6.36. The highest BCUT2D eigenvalue weighted by atomic mass is 32.2. The fourth-order valence-electron chi connectivity index (χ4n) is 2.55. The largest absolute Gasteiger partial charge is 0.326 e. The predicted molar refractivity (Wildman–Crippen MR) is 84.0 cm³/mol. The van der Waals surface area contributed by atoms with Gasteiger partial charge in [-0.25, -0.2) is 13.1 Å². The molecule has 2 aliphatic rings. The molecule has 3 N–H and O–H groups in total. The predicted octanol–water partition coefficient (Wildman–Crippen LogP) is 1.07. The average Bonchev–Trinajstić information content (AvgIpc) is 3.33. The Kier molecular flexibility index (Phi) is 4.46. The van der Waals surface area contributed by atoms with Gasteiger partial charge in [0.05, 0.1) is 4.90 Å². The Bertz CT molecular complexity index is 633. The SMILES string of the molecule is O=C(Nc1ccc(S(=O)(=O)NC2CCCNC2)cc1)C1CC1. The Morgan fingerprint density at radius 2 is 1.86 bits per heavy atom. The number of piperidine rings is 1. The molecule has 0 spiro atoms. The quantitative estimate of drug-likeness (QED) is 0.756. The zero-order chi connectivity index (χ0) is 15.6. The van der Waals surface area contributed by atoms with E-state index in [-0.39, 0.29) is 22.8 Å². The molecule has 1 atom stereocenters.